The van der Waals surface area contributed by atoms with Gasteiger partial charge >= 0.3 is 0 Å². The minimum atomic E-state index is -0.238. The standard InChI is InChI=1S/C22H31FN4O/c1-4-27(5-2)13-14-28-21-12-7-6-10-19(21)17-26-22(24-3)25-16-18-9-8-11-20(23)15-18/h6-12,15H,4-5,13-14,16-17H2,1-3H3,(H2,24,25,26). The summed E-state index contributed by atoms with van der Waals surface area (Å²) in [6, 6.07) is 14.5. The number of rotatable bonds is 10. The van der Waals surface area contributed by atoms with Crippen LogP contribution in [0.2, 0.25) is 0 Å². The van der Waals surface area contributed by atoms with Gasteiger partial charge < -0.3 is 20.3 Å². The number of nitrogens with one attached hydrogen (secondary N) is 2. The lowest BCUT2D eigenvalue weighted by atomic mass is 10.2. The van der Waals surface area contributed by atoms with Crippen molar-refractivity contribution in [1.29, 1.82) is 0 Å². The Hall–Kier alpha value is -2.60. The predicted molar refractivity (Wildman–Crippen MR) is 113 cm³/mol. The second kappa shape index (κ2) is 12.0. The summed E-state index contributed by atoms with van der Waals surface area (Å²) in [6.45, 7) is 9.01. The zero-order valence-corrected chi connectivity index (χ0v) is 17.0. The summed E-state index contributed by atoms with van der Waals surface area (Å²) < 4.78 is 19.3. The minimum Gasteiger partial charge on any atom is -0.492 e. The molecular formula is C22H31FN4O. The van der Waals surface area contributed by atoms with E-state index in [2.05, 4.69) is 34.4 Å². The molecule has 0 heterocycles. The summed E-state index contributed by atoms with van der Waals surface area (Å²) in [4.78, 5) is 6.56. The molecular weight excluding hydrogens is 355 g/mol. The first-order valence-corrected chi connectivity index (χ1v) is 9.78. The fourth-order valence-corrected chi connectivity index (χ4v) is 2.85. The van der Waals surface area contributed by atoms with Crippen LogP contribution in [0.1, 0.15) is 25.0 Å². The molecule has 0 aliphatic heterocycles. The Balaban J connectivity index is 1.86. The maximum Gasteiger partial charge on any atom is 0.191 e. The molecule has 0 fully saturated rings. The summed E-state index contributed by atoms with van der Waals surface area (Å²) in [7, 11) is 1.72. The Labute approximate surface area is 167 Å². The van der Waals surface area contributed by atoms with E-state index in [0.29, 0.717) is 25.7 Å². The maximum atomic E-state index is 13.3. The second-order valence-electron chi connectivity index (χ2n) is 6.39. The van der Waals surface area contributed by atoms with Crippen molar-refractivity contribution in [3.05, 3.63) is 65.5 Å². The average molecular weight is 387 g/mol. The molecule has 0 aliphatic carbocycles. The van der Waals surface area contributed by atoms with E-state index in [1.54, 1.807) is 13.1 Å². The van der Waals surface area contributed by atoms with E-state index < -0.39 is 0 Å². The summed E-state index contributed by atoms with van der Waals surface area (Å²) in [5.41, 5.74) is 1.93. The van der Waals surface area contributed by atoms with Gasteiger partial charge in [-0.25, -0.2) is 4.39 Å². The van der Waals surface area contributed by atoms with Crippen LogP contribution >= 0.6 is 0 Å². The van der Waals surface area contributed by atoms with Gasteiger partial charge in [-0.15, -0.1) is 0 Å². The van der Waals surface area contributed by atoms with Crippen LogP contribution in [-0.2, 0) is 13.1 Å². The van der Waals surface area contributed by atoms with Gasteiger partial charge in [-0.05, 0) is 36.9 Å². The number of hydrogen-bond acceptors (Lipinski definition) is 3. The Morgan fingerprint density at radius 2 is 1.79 bits per heavy atom. The SMILES string of the molecule is CCN(CC)CCOc1ccccc1CNC(=NC)NCc1cccc(F)c1. The number of aliphatic imine (C=N–C) groups is 1. The first kappa shape index (κ1) is 21.7. The number of likely N-dealkylation sites (N-methyl/N-ethyl adjacent to an activating group) is 1. The first-order valence-electron chi connectivity index (χ1n) is 9.78. The number of nitrogens with zero attached hydrogens (tertiary/aromatic N) is 2. The third-order valence-electron chi connectivity index (χ3n) is 4.55. The van der Waals surface area contributed by atoms with Crippen molar-refractivity contribution in [3.8, 4) is 5.75 Å². The molecule has 28 heavy (non-hydrogen) atoms. The molecule has 5 nitrogen and oxygen atoms in total. The molecule has 152 valence electrons. The highest BCUT2D eigenvalue weighted by molar-refractivity contribution is 5.79. The molecule has 0 bridgehead atoms. The number of halogens is 1. The Morgan fingerprint density at radius 3 is 2.50 bits per heavy atom. The van der Waals surface area contributed by atoms with Crippen molar-refractivity contribution in [2.24, 2.45) is 4.99 Å². The summed E-state index contributed by atoms with van der Waals surface area (Å²) >= 11 is 0. The minimum absolute atomic E-state index is 0.238. The van der Waals surface area contributed by atoms with E-state index >= 15 is 0 Å². The van der Waals surface area contributed by atoms with E-state index in [1.807, 2.05) is 30.3 Å². The monoisotopic (exact) mass is 386 g/mol. The van der Waals surface area contributed by atoms with Gasteiger partial charge in [0, 0.05) is 32.2 Å². The van der Waals surface area contributed by atoms with Crippen molar-refractivity contribution in [3.63, 3.8) is 0 Å². The van der Waals surface area contributed by atoms with Crippen LogP contribution in [0, 0.1) is 5.82 Å². The van der Waals surface area contributed by atoms with Gasteiger partial charge in [-0.3, -0.25) is 4.99 Å². The Kier molecular flexibility index (Phi) is 9.28. The number of ether oxygens (including phenoxy) is 1. The molecule has 2 aromatic carbocycles. The predicted octanol–water partition coefficient (Wildman–Crippen LogP) is 3.41. The Morgan fingerprint density at radius 1 is 1.04 bits per heavy atom. The quantitative estimate of drug-likeness (QED) is 0.485. The van der Waals surface area contributed by atoms with Crippen LogP contribution < -0.4 is 15.4 Å². The zero-order valence-electron chi connectivity index (χ0n) is 17.0. The molecule has 0 atom stereocenters. The lowest BCUT2D eigenvalue weighted by Gasteiger charge is -2.19. The summed E-state index contributed by atoms with van der Waals surface area (Å²) in [6.07, 6.45) is 0. The molecule has 6 heteroatoms. The molecule has 0 aromatic heterocycles. The lowest BCUT2D eigenvalue weighted by molar-refractivity contribution is 0.221. The van der Waals surface area contributed by atoms with Crippen molar-refractivity contribution in [2.75, 3.05) is 33.3 Å². The number of benzene rings is 2. The highest BCUT2D eigenvalue weighted by Gasteiger charge is 2.06. The van der Waals surface area contributed by atoms with Crippen LogP contribution in [-0.4, -0.2) is 44.1 Å². The van der Waals surface area contributed by atoms with Gasteiger partial charge in [0.25, 0.3) is 0 Å². The number of guanidine groups is 1. The highest BCUT2D eigenvalue weighted by Crippen LogP contribution is 2.17. The van der Waals surface area contributed by atoms with Crippen LogP contribution in [0.25, 0.3) is 0 Å². The van der Waals surface area contributed by atoms with Crippen LogP contribution in [0.4, 0.5) is 4.39 Å². The van der Waals surface area contributed by atoms with E-state index in [-0.39, 0.29) is 5.82 Å². The van der Waals surface area contributed by atoms with Crippen LogP contribution in [0.3, 0.4) is 0 Å². The molecule has 0 saturated heterocycles. The smallest absolute Gasteiger partial charge is 0.191 e. The third-order valence-corrected chi connectivity index (χ3v) is 4.55. The van der Waals surface area contributed by atoms with E-state index in [0.717, 1.165) is 36.5 Å². The van der Waals surface area contributed by atoms with E-state index in [9.17, 15) is 4.39 Å². The normalized spacial score (nSPS) is 11.5. The molecule has 0 aliphatic rings. The summed E-state index contributed by atoms with van der Waals surface area (Å²) in [5.74, 6) is 1.29. The van der Waals surface area contributed by atoms with Gasteiger partial charge in [0.05, 0.1) is 0 Å². The largest absolute Gasteiger partial charge is 0.492 e. The highest BCUT2D eigenvalue weighted by atomic mass is 19.1. The van der Waals surface area contributed by atoms with Gasteiger partial charge in [-0.1, -0.05) is 44.2 Å². The zero-order chi connectivity index (χ0) is 20.2. The van der Waals surface area contributed by atoms with E-state index in [1.165, 1.54) is 12.1 Å². The molecule has 2 aromatic rings. The summed E-state index contributed by atoms with van der Waals surface area (Å²) in [5, 5.41) is 6.49. The average Bonchev–Trinajstić information content (AvgIpc) is 2.72. The number of hydrogen-bond donors (Lipinski definition) is 2. The molecule has 0 amide bonds. The molecule has 0 saturated carbocycles. The van der Waals surface area contributed by atoms with Gasteiger partial charge in [0.15, 0.2) is 5.96 Å². The second-order valence-corrected chi connectivity index (χ2v) is 6.39. The van der Waals surface area contributed by atoms with Crippen molar-refractivity contribution < 1.29 is 9.13 Å². The van der Waals surface area contributed by atoms with Crippen LogP contribution in [0.5, 0.6) is 5.75 Å². The first-order chi connectivity index (χ1) is 13.7. The molecule has 2 rings (SSSR count). The number of para-hydroxylation sites is 1. The van der Waals surface area contributed by atoms with Gasteiger partial charge in [0.1, 0.15) is 18.2 Å². The molecule has 0 radical (unpaired) electrons. The van der Waals surface area contributed by atoms with E-state index in [4.69, 9.17) is 4.74 Å². The van der Waals surface area contributed by atoms with Gasteiger partial charge in [0.2, 0.25) is 0 Å². The fourth-order valence-electron chi connectivity index (χ4n) is 2.85. The van der Waals surface area contributed by atoms with Crippen molar-refractivity contribution in [1.82, 2.24) is 15.5 Å². The topological polar surface area (TPSA) is 48.9 Å². The maximum absolute atomic E-state index is 13.3. The Bertz CT molecular complexity index is 747. The molecule has 2 N–H and O–H groups in total. The van der Waals surface area contributed by atoms with Crippen molar-refractivity contribution >= 4 is 5.96 Å². The van der Waals surface area contributed by atoms with Gasteiger partial charge in [-0.2, -0.15) is 0 Å². The van der Waals surface area contributed by atoms with Crippen molar-refractivity contribution in [2.45, 2.75) is 26.9 Å². The lowest BCUT2D eigenvalue weighted by Crippen LogP contribution is -2.36. The third kappa shape index (κ3) is 7.19. The molecule has 0 spiro atoms. The fraction of sp³-hybridized carbons (Fsp3) is 0.409. The van der Waals surface area contributed by atoms with Crippen LogP contribution in [0.15, 0.2) is 53.5 Å². The molecule has 0 unspecified atom stereocenters.